The van der Waals surface area contributed by atoms with Crippen molar-refractivity contribution >= 4 is 29.1 Å². The lowest BCUT2D eigenvalue weighted by Gasteiger charge is -2.33. The average molecular weight is 464 g/mol. The summed E-state index contributed by atoms with van der Waals surface area (Å²) in [5.41, 5.74) is 2.14. The number of β-amino-alcohol motifs (C(OH)–C–C–N with tert-alkyl or cyclic N) is 1. The topological polar surface area (TPSA) is 108 Å². The number of carbonyl (C=O) groups excluding carboxylic acids is 3. The van der Waals surface area contributed by atoms with Crippen molar-refractivity contribution in [3.05, 3.63) is 59.7 Å². The van der Waals surface area contributed by atoms with Crippen LogP contribution >= 0.6 is 0 Å². The normalized spacial score (nSPS) is 29.3. The van der Waals surface area contributed by atoms with Gasteiger partial charge in [0.15, 0.2) is 0 Å². The van der Waals surface area contributed by atoms with Crippen molar-refractivity contribution in [2.75, 3.05) is 23.8 Å². The first-order valence-corrected chi connectivity index (χ1v) is 11.7. The second-order valence-corrected chi connectivity index (χ2v) is 9.47. The maximum Gasteiger partial charge on any atom is 0.250 e. The number of amides is 3. The summed E-state index contributed by atoms with van der Waals surface area (Å²) in [5.74, 6) is -2.42. The molecule has 0 aliphatic carbocycles. The first-order chi connectivity index (χ1) is 16.4. The Balaban J connectivity index is 1.46. The summed E-state index contributed by atoms with van der Waals surface area (Å²) in [4.78, 5) is 41.9. The van der Waals surface area contributed by atoms with Crippen molar-refractivity contribution in [2.45, 2.75) is 44.4 Å². The Labute approximate surface area is 198 Å². The number of benzene rings is 2. The molecule has 1 spiro atoms. The van der Waals surface area contributed by atoms with Gasteiger partial charge in [0.1, 0.15) is 11.6 Å². The lowest BCUT2D eigenvalue weighted by molar-refractivity contribution is -0.140. The average Bonchev–Trinajstić information content (AvgIpc) is 3.45. The minimum Gasteiger partial charge on any atom is -0.395 e. The number of hydrogen-bond acceptors (Lipinski definition) is 5. The first-order valence-electron chi connectivity index (χ1n) is 11.7. The third-order valence-electron chi connectivity index (χ3n) is 7.38. The second kappa shape index (κ2) is 8.52. The van der Waals surface area contributed by atoms with Crippen LogP contribution in [0, 0.1) is 25.7 Å². The van der Waals surface area contributed by atoms with E-state index in [2.05, 4.69) is 10.6 Å². The minimum atomic E-state index is -1.09. The van der Waals surface area contributed by atoms with E-state index in [1.54, 1.807) is 12.1 Å². The number of ether oxygens (including phenoxy) is 1. The number of hydrogen-bond donors (Lipinski definition) is 3. The third-order valence-corrected chi connectivity index (χ3v) is 7.38. The molecule has 0 saturated carbocycles. The van der Waals surface area contributed by atoms with E-state index >= 15 is 0 Å². The Kier molecular flexibility index (Phi) is 5.65. The van der Waals surface area contributed by atoms with Crippen molar-refractivity contribution < 1.29 is 24.2 Å². The van der Waals surface area contributed by atoms with Gasteiger partial charge in [-0.3, -0.25) is 14.4 Å². The summed E-state index contributed by atoms with van der Waals surface area (Å²) < 4.78 is 6.36. The van der Waals surface area contributed by atoms with Gasteiger partial charge in [0, 0.05) is 17.9 Å². The van der Waals surface area contributed by atoms with Crippen LogP contribution in [0.3, 0.4) is 0 Å². The molecule has 178 valence electrons. The molecule has 34 heavy (non-hydrogen) atoms. The van der Waals surface area contributed by atoms with Gasteiger partial charge in [-0.05, 0) is 56.0 Å². The van der Waals surface area contributed by atoms with E-state index in [1.807, 2.05) is 50.2 Å². The molecule has 8 nitrogen and oxygen atoms in total. The highest BCUT2D eigenvalue weighted by atomic mass is 16.5. The van der Waals surface area contributed by atoms with Gasteiger partial charge >= 0.3 is 0 Å². The maximum absolute atomic E-state index is 13.6. The number of nitrogens with zero attached hydrogens (tertiary/aromatic N) is 1. The molecule has 0 radical (unpaired) electrons. The van der Waals surface area contributed by atoms with Crippen molar-refractivity contribution in [3.8, 4) is 0 Å². The van der Waals surface area contributed by atoms with E-state index in [0.717, 1.165) is 11.1 Å². The van der Waals surface area contributed by atoms with Crippen molar-refractivity contribution in [2.24, 2.45) is 11.8 Å². The summed E-state index contributed by atoms with van der Waals surface area (Å²) in [5, 5.41) is 15.6. The summed E-state index contributed by atoms with van der Waals surface area (Å²) >= 11 is 0. The van der Waals surface area contributed by atoms with E-state index in [9.17, 15) is 19.5 Å². The number of aliphatic hydroxyl groups excluding tert-OH is 1. The molecule has 3 saturated heterocycles. The highest BCUT2D eigenvalue weighted by Gasteiger charge is 2.74. The molecular formula is C26H29N3O5. The van der Waals surface area contributed by atoms with E-state index in [4.69, 9.17) is 4.74 Å². The van der Waals surface area contributed by atoms with Crippen molar-refractivity contribution in [1.82, 2.24) is 4.90 Å². The Morgan fingerprint density at radius 2 is 1.88 bits per heavy atom. The number of anilines is 2. The Morgan fingerprint density at radius 3 is 2.62 bits per heavy atom. The zero-order valence-corrected chi connectivity index (χ0v) is 19.3. The number of fused-ring (bicyclic) bond motifs is 1. The standard InChI is InChI=1S/C26H29N3O5/c1-15-8-9-16(2)18(14-15)28-24(32)22-26-11-10-19(34-26)20(21(26)25(33)29(22)12-13-30)23(31)27-17-6-4-3-5-7-17/h3-9,14,19-22,30H,10-13H2,1-2H3,(H,27,31)(H,28,32)/t19-,20+,21-,22?,26?/m0/s1. The van der Waals surface area contributed by atoms with Gasteiger partial charge < -0.3 is 25.4 Å². The van der Waals surface area contributed by atoms with Crippen LogP contribution in [0.5, 0.6) is 0 Å². The van der Waals surface area contributed by atoms with Crippen LogP contribution in [0.25, 0.3) is 0 Å². The SMILES string of the molecule is Cc1ccc(C)c(NC(=O)C2N(CCO)C(=O)[C@@H]3[C@H](C(=O)Nc4ccccc4)[C@@H]4CCC23O4)c1. The number of nitrogens with one attached hydrogen (secondary N) is 2. The summed E-state index contributed by atoms with van der Waals surface area (Å²) in [6, 6.07) is 13.9. The molecule has 2 aromatic rings. The van der Waals surface area contributed by atoms with E-state index in [0.29, 0.717) is 24.2 Å². The Hall–Kier alpha value is -3.23. The lowest BCUT2D eigenvalue weighted by atomic mass is 9.70. The predicted octanol–water partition coefficient (Wildman–Crippen LogP) is 2.25. The van der Waals surface area contributed by atoms with Gasteiger partial charge in [0.2, 0.25) is 17.7 Å². The third kappa shape index (κ3) is 3.49. The van der Waals surface area contributed by atoms with Gasteiger partial charge in [-0.1, -0.05) is 30.3 Å². The van der Waals surface area contributed by atoms with Gasteiger partial charge in [0.05, 0.1) is 24.5 Å². The zero-order chi connectivity index (χ0) is 24.0. The predicted molar refractivity (Wildman–Crippen MR) is 126 cm³/mol. The van der Waals surface area contributed by atoms with Crippen molar-refractivity contribution in [3.63, 3.8) is 0 Å². The smallest absolute Gasteiger partial charge is 0.250 e. The van der Waals surface area contributed by atoms with Crippen LogP contribution in [0.15, 0.2) is 48.5 Å². The maximum atomic E-state index is 13.6. The first kappa shape index (κ1) is 22.6. The van der Waals surface area contributed by atoms with Crippen LogP contribution in [-0.4, -0.2) is 58.6 Å². The van der Waals surface area contributed by atoms with Gasteiger partial charge in [0.25, 0.3) is 0 Å². The zero-order valence-electron chi connectivity index (χ0n) is 19.3. The van der Waals surface area contributed by atoms with Crippen LogP contribution in [0.4, 0.5) is 11.4 Å². The largest absolute Gasteiger partial charge is 0.395 e. The Morgan fingerprint density at radius 1 is 1.12 bits per heavy atom. The fraction of sp³-hybridized carbons (Fsp3) is 0.423. The molecule has 3 heterocycles. The molecule has 3 aliphatic rings. The number of aliphatic hydroxyl groups is 1. The monoisotopic (exact) mass is 463 g/mol. The molecule has 0 aromatic heterocycles. The van der Waals surface area contributed by atoms with Crippen LogP contribution in [0.2, 0.25) is 0 Å². The van der Waals surface area contributed by atoms with Gasteiger partial charge in [-0.25, -0.2) is 0 Å². The minimum absolute atomic E-state index is 0.00300. The number of rotatable bonds is 6. The van der Waals surface area contributed by atoms with Gasteiger partial charge in [-0.15, -0.1) is 0 Å². The molecule has 8 heteroatoms. The molecule has 5 rings (SSSR count). The van der Waals surface area contributed by atoms with Crippen LogP contribution in [0.1, 0.15) is 24.0 Å². The fourth-order valence-electron chi connectivity index (χ4n) is 5.92. The number of carbonyl (C=O) groups is 3. The quantitative estimate of drug-likeness (QED) is 0.609. The summed E-state index contributed by atoms with van der Waals surface area (Å²) in [6.45, 7) is 3.57. The van der Waals surface area contributed by atoms with E-state index in [-0.39, 0.29) is 30.9 Å². The molecule has 2 bridgehead atoms. The van der Waals surface area contributed by atoms with Crippen LogP contribution in [-0.2, 0) is 19.1 Å². The molecule has 3 amide bonds. The highest BCUT2D eigenvalue weighted by molar-refractivity contribution is 6.05. The van der Waals surface area contributed by atoms with Gasteiger partial charge in [-0.2, -0.15) is 0 Å². The number of aryl methyl sites for hydroxylation is 2. The van der Waals surface area contributed by atoms with E-state index in [1.165, 1.54) is 4.90 Å². The summed E-state index contributed by atoms with van der Waals surface area (Å²) in [7, 11) is 0. The van der Waals surface area contributed by atoms with Crippen LogP contribution < -0.4 is 10.6 Å². The Bertz CT molecular complexity index is 1140. The molecular weight excluding hydrogens is 434 g/mol. The molecule has 3 N–H and O–H groups in total. The number of para-hydroxylation sites is 1. The van der Waals surface area contributed by atoms with Crippen molar-refractivity contribution in [1.29, 1.82) is 0 Å². The number of likely N-dealkylation sites (tertiary alicyclic amines) is 1. The molecule has 3 aliphatic heterocycles. The lowest BCUT2D eigenvalue weighted by Crippen LogP contribution is -2.53. The molecule has 5 atom stereocenters. The molecule has 2 aromatic carbocycles. The second-order valence-electron chi connectivity index (χ2n) is 9.47. The fourth-order valence-corrected chi connectivity index (χ4v) is 5.92. The van der Waals surface area contributed by atoms with E-state index < -0.39 is 29.6 Å². The molecule has 2 unspecified atom stereocenters. The summed E-state index contributed by atoms with van der Waals surface area (Å²) in [6.07, 6.45) is 0.678. The highest BCUT2D eigenvalue weighted by Crippen LogP contribution is 2.58. The molecule has 3 fully saturated rings.